The summed E-state index contributed by atoms with van der Waals surface area (Å²) in [6.07, 6.45) is 1.68. The van der Waals surface area contributed by atoms with Gasteiger partial charge in [0.05, 0.1) is 12.7 Å². The maximum Gasteiger partial charge on any atom is 0.269 e. The summed E-state index contributed by atoms with van der Waals surface area (Å²) in [7, 11) is 0. The highest BCUT2D eigenvalue weighted by Gasteiger charge is 2.14. The third-order valence-electron chi connectivity index (χ3n) is 3.85. The van der Waals surface area contributed by atoms with Crippen molar-refractivity contribution in [1.29, 1.82) is 0 Å². The number of hydrazine groups is 1. The molecule has 2 N–H and O–H groups in total. The first kappa shape index (κ1) is 17.0. The van der Waals surface area contributed by atoms with E-state index in [9.17, 15) is 9.59 Å². The summed E-state index contributed by atoms with van der Waals surface area (Å²) in [5.41, 5.74) is 8.85. The normalized spacial score (nSPS) is 10.7. The number of rotatable bonds is 3. The molecular formula is C19H17ClN2O3. The van der Waals surface area contributed by atoms with E-state index < -0.39 is 5.91 Å². The molecule has 0 saturated heterocycles. The predicted octanol–water partition coefficient (Wildman–Crippen LogP) is 3.71. The molecular weight excluding hydrogens is 340 g/mol. The van der Waals surface area contributed by atoms with Gasteiger partial charge in [0.1, 0.15) is 5.58 Å². The van der Waals surface area contributed by atoms with Crippen LogP contribution >= 0.6 is 11.6 Å². The Morgan fingerprint density at radius 1 is 1.12 bits per heavy atom. The van der Waals surface area contributed by atoms with Gasteiger partial charge >= 0.3 is 0 Å². The molecule has 5 nitrogen and oxygen atoms in total. The summed E-state index contributed by atoms with van der Waals surface area (Å²) in [6, 6.07) is 10.5. The number of fused-ring (bicyclic) bond motifs is 1. The van der Waals surface area contributed by atoms with Crippen LogP contribution in [0.3, 0.4) is 0 Å². The van der Waals surface area contributed by atoms with Gasteiger partial charge in [0.25, 0.3) is 5.91 Å². The topological polar surface area (TPSA) is 71.3 Å². The lowest BCUT2D eigenvalue weighted by Crippen LogP contribution is -2.42. The average molecular weight is 357 g/mol. The molecule has 0 atom stereocenters. The number of carbonyl (C=O) groups excluding carboxylic acids is 2. The number of hydrogen-bond donors (Lipinski definition) is 2. The molecule has 1 heterocycles. The van der Waals surface area contributed by atoms with Crippen LogP contribution < -0.4 is 10.9 Å². The molecule has 0 radical (unpaired) electrons. The first-order valence-corrected chi connectivity index (χ1v) is 8.14. The molecule has 3 rings (SSSR count). The number of furan rings is 1. The summed E-state index contributed by atoms with van der Waals surface area (Å²) in [6.45, 7) is 3.97. The highest BCUT2D eigenvalue weighted by molar-refractivity contribution is 6.30. The quantitative estimate of drug-likeness (QED) is 0.703. The molecule has 0 bridgehead atoms. The van der Waals surface area contributed by atoms with Crippen molar-refractivity contribution in [3.8, 4) is 0 Å². The standard InChI is InChI=1S/C19H17ClN2O3/c1-11-6-12(2)18-14(10-25-16(18)7-11)9-17(23)21-22-19(24)13-4-3-5-15(20)8-13/h3-8,10H,9H2,1-2H3,(H,21,23)(H,22,24). The molecule has 0 unspecified atom stereocenters. The van der Waals surface area contributed by atoms with Crippen molar-refractivity contribution in [1.82, 2.24) is 10.9 Å². The zero-order valence-electron chi connectivity index (χ0n) is 13.9. The van der Waals surface area contributed by atoms with Gasteiger partial charge in [0.2, 0.25) is 5.91 Å². The minimum absolute atomic E-state index is 0.104. The highest BCUT2D eigenvalue weighted by Crippen LogP contribution is 2.26. The maximum absolute atomic E-state index is 12.1. The van der Waals surface area contributed by atoms with Crippen LogP contribution in [0, 0.1) is 13.8 Å². The molecule has 0 aliphatic rings. The van der Waals surface area contributed by atoms with E-state index >= 15 is 0 Å². The minimum Gasteiger partial charge on any atom is -0.464 e. The second-order valence-electron chi connectivity index (χ2n) is 5.91. The molecule has 6 heteroatoms. The van der Waals surface area contributed by atoms with Crippen molar-refractivity contribution in [2.24, 2.45) is 0 Å². The van der Waals surface area contributed by atoms with Gasteiger partial charge in [-0.05, 0) is 49.2 Å². The lowest BCUT2D eigenvalue weighted by molar-refractivity contribution is -0.121. The van der Waals surface area contributed by atoms with E-state index in [0.717, 1.165) is 27.7 Å². The van der Waals surface area contributed by atoms with E-state index in [1.165, 1.54) is 6.07 Å². The molecule has 0 fully saturated rings. The van der Waals surface area contributed by atoms with E-state index in [4.69, 9.17) is 16.0 Å². The number of nitrogens with one attached hydrogen (secondary N) is 2. The SMILES string of the molecule is Cc1cc(C)c2c(CC(=O)NNC(=O)c3cccc(Cl)c3)coc2c1. The number of carbonyl (C=O) groups is 2. The van der Waals surface area contributed by atoms with Crippen LogP contribution in [0.1, 0.15) is 27.0 Å². The van der Waals surface area contributed by atoms with Gasteiger partial charge in [-0.25, -0.2) is 0 Å². The first-order chi connectivity index (χ1) is 11.9. The predicted molar refractivity (Wildman–Crippen MR) is 96.5 cm³/mol. The lowest BCUT2D eigenvalue weighted by Gasteiger charge is -2.07. The molecule has 0 saturated carbocycles. The number of halogens is 1. The van der Waals surface area contributed by atoms with Crippen LogP contribution in [-0.2, 0) is 11.2 Å². The Hall–Kier alpha value is -2.79. The second-order valence-corrected chi connectivity index (χ2v) is 6.34. The van der Waals surface area contributed by atoms with Crippen molar-refractivity contribution in [2.45, 2.75) is 20.3 Å². The molecule has 128 valence electrons. The Morgan fingerprint density at radius 2 is 1.92 bits per heavy atom. The first-order valence-electron chi connectivity index (χ1n) is 7.76. The molecule has 1 aromatic heterocycles. The van der Waals surface area contributed by atoms with Crippen LogP contribution in [0.2, 0.25) is 5.02 Å². The van der Waals surface area contributed by atoms with Crippen molar-refractivity contribution in [3.05, 3.63) is 69.9 Å². The van der Waals surface area contributed by atoms with E-state index in [0.29, 0.717) is 10.6 Å². The number of amides is 2. The van der Waals surface area contributed by atoms with Crippen LogP contribution in [0.5, 0.6) is 0 Å². The van der Waals surface area contributed by atoms with Gasteiger partial charge in [-0.1, -0.05) is 23.7 Å². The largest absolute Gasteiger partial charge is 0.464 e. The van der Waals surface area contributed by atoms with Crippen LogP contribution in [0.4, 0.5) is 0 Å². The zero-order chi connectivity index (χ0) is 18.0. The molecule has 0 aliphatic carbocycles. The van der Waals surface area contributed by atoms with Crippen molar-refractivity contribution < 1.29 is 14.0 Å². The van der Waals surface area contributed by atoms with Crippen molar-refractivity contribution in [2.75, 3.05) is 0 Å². The Balaban J connectivity index is 1.66. The fourth-order valence-electron chi connectivity index (χ4n) is 2.80. The van der Waals surface area contributed by atoms with Gasteiger partial charge in [-0.15, -0.1) is 0 Å². The van der Waals surface area contributed by atoms with Gasteiger partial charge in [0.15, 0.2) is 0 Å². The minimum atomic E-state index is -0.431. The van der Waals surface area contributed by atoms with Crippen LogP contribution in [0.15, 0.2) is 47.1 Å². The lowest BCUT2D eigenvalue weighted by atomic mass is 10.0. The van der Waals surface area contributed by atoms with Gasteiger partial charge in [0, 0.05) is 21.5 Å². The zero-order valence-corrected chi connectivity index (χ0v) is 14.6. The number of aryl methyl sites for hydroxylation is 2. The Labute approximate surface area is 149 Å². The van der Waals surface area contributed by atoms with Gasteiger partial charge in [-0.3, -0.25) is 20.4 Å². The van der Waals surface area contributed by atoms with E-state index in [1.807, 2.05) is 26.0 Å². The third kappa shape index (κ3) is 3.83. The van der Waals surface area contributed by atoms with Crippen LogP contribution in [0.25, 0.3) is 11.0 Å². The van der Waals surface area contributed by atoms with Crippen molar-refractivity contribution >= 4 is 34.4 Å². The van der Waals surface area contributed by atoms with E-state index in [1.54, 1.807) is 24.5 Å². The molecule has 2 amide bonds. The summed E-state index contributed by atoms with van der Waals surface area (Å²) in [5.74, 6) is -0.766. The molecule has 0 spiro atoms. The molecule has 3 aromatic rings. The smallest absolute Gasteiger partial charge is 0.269 e. The number of benzene rings is 2. The Kier molecular flexibility index (Phi) is 4.76. The Bertz CT molecular complexity index is 962. The fraction of sp³-hybridized carbons (Fsp3) is 0.158. The summed E-state index contributed by atoms with van der Waals surface area (Å²) in [4.78, 5) is 24.1. The molecule has 25 heavy (non-hydrogen) atoms. The van der Waals surface area contributed by atoms with Gasteiger partial charge < -0.3 is 4.42 Å². The maximum atomic E-state index is 12.1. The fourth-order valence-corrected chi connectivity index (χ4v) is 2.99. The third-order valence-corrected chi connectivity index (χ3v) is 4.08. The van der Waals surface area contributed by atoms with Crippen LogP contribution in [-0.4, -0.2) is 11.8 Å². The summed E-state index contributed by atoms with van der Waals surface area (Å²) < 4.78 is 5.54. The Morgan fingerprint density at radius 3 is 2.68 bits per heavy atom. The summed E-state index contributed by atoms with van der Waals surface area (Å²) >= 11 is 5.85. The van der Waals surface area contributed by atoms with E-state index in [-0.39, 0.29) is 12.3 Å². The average Bonchev–Trinajstić information content (AvgIpc) is 2.95. The van der Waals surface area contributed by atoms with Crippen molar-refractivity contribution in [3.63, 3.8) is 0 Å². The van der Waals surface area contributed by atoms with E-state index in [2.05, 4.69) is 10.9 Å². The molecule has 2 aromatic carbocycles. The second kappa shape index (κ2) is 6.99. The summed E-state index contributed by atoms with van der Waals surface area (Å²) in [5, 5.41) is 1.39. The number of hydrogen-bond acceptors (Lipinski definition) is 3. The molecule has 0 aliphatic heterocycles. The van der Waals surface area contributed by atoms with Gasteiger partial charge in [-0.2, -0.15) is 0 Å². The highest BCUT2D eigenvalue weighted by atomic mass is 35.5. The monoisotopic (exact) mass is 356 g/mol.